The van der Waals surface area contributed by atoms with Crippen molar-refractivity contribution in [3.05, 3.63) is 17.7 Å². The monoisotopic (exact) mass is 223 g/mol. The first-order chi connectivity index (χ1) is 7.62. The van der Waals surface area contributed by atoms with Crippen LogP contribution in [0.3, 0.4) is 0 Å². The van der Waals surface area contributed by atoms with E-state index < -0.39 is 5.54 Å². The normalized spacial score (nSPS) is 19.2. The van der Waals surface area contributed by atoms with Gasteiger partial charge < -0.3 is 15.4 Å². The lowest BCUT2D eigenvalue weighted by atomic mass is 9.99. The zero-order valence-corrected chi connectivity index (χ0v) is 9.95. The van der Waals surface area contributed by atoms with Gasteiger partial charge in [0.1, 0.15) is 0 Å². The number of aromatic nitrogens is 2. The molecule has 3 N–H and O–H groups in total. The third-order valence-corrected chi connectivity index (χ3v) is 3.39. The number of rotatable bonds is 4. The summed E-state index contributed by atoms with van der Waals surface area (Å²) in [7, 11) is 0. The first-order valence-electron chi connectivity index (χ1n) is 6.05. The van der Waals surface area contributed by atoms with Crippen molar-refractivity contribution in [3.63, 3.8) is 0 Å². The Kier molecular flexibility index (Phi) is 3.30. The van der Waals surface area contributed by atoms with Crippen LogP contribution >= 0.6 is 0 Å². The minimum absolute atomic E-state index is 0.0316. The van der Waals surface area contributed by atoms with E-state index in [9.17, 15) is 0 Å². The molecule has 0 aliphatic heterocycles. The van der Waals surface area contributed by atoms with Gasteiger partial charge in [0, 0.05) is 17.8 Å². The van der Waals surface area contributed by atoms with Crippen molar-refractivity contribution in [1.82, 2.24) is 9.55 Å². The van der Waals surface area contributed by atoms with Crippen molar-refractivity contribution < 1.29 is 5.11 Å². The maximum Gasteiger partial charge on any atom is 0.0951 e. The van der Waals surface area contributed by atoms with Gasteiger partial charge >= 0.3 is 0 Å². The number of imidazole rings is 1. The summed E-state index contributed by atoms with van der Waals surface area (Å²) in [5, 5.41) is 9.11. The van der Waals surface area contributed by atoms with Gasteiger partial charge in [-0.15, -0.1) is 0 Å². The Balaban J connectivity index is 2.02. The molecule has 1 atom stereocenters. The van der Waals surface area contributed by atoms with Crippen LogP contribution in [0.25, 0.3) is 0 Å². The summed E-state index contributed by atoms with van der Waals surface area (Å²) in [5.74, 6) is 0. The van der Waals surface area contributed by atoms with Crippen molar-refractivity contribution in [3.8, 4) is 0 Å². The van der Waals surface area contributed by atoms with Crippen LogP contribution in [-0.2, 0) is 19.4 Å². The Hall–Kier alpha value is -0.870. The number of nitrogens with two attached hydrogens (primary N) is 1. The molecule has 4 nitrogen and oxygen atoms in total. The molecule has 1 aromatic rings. The van der Waals surface area contributed by atoms with Crippen molar-refractivity contribution in [2.75, 3.05) is 6.61 Å². The molecule has 0 aromatic carbocycles. The second-order valence-corrected chi connectivity index (χ2v) is 5.10. The van der Waals surface area contributed by atoms with Crippen LogP contribution in [0.5, 0.6) is 0 Å². The SMILES string of the molecule is CC(N)(CO)CCn1cnc2c1CCCC2. The average Bonchev–Trinajstić information content (AvgIpc) is 2.70. The third kappa shape index (κ3) is 2.44. The van der Waals surface area contributed by atoms with E-state index in [4.69, 9.17) is 10.8 Å². The first-order valence-corrected chi connectivity index (χ1v) is 6.05. The fourth-order valence-corrected chi connectivity index (χ4v) is 2.18. The molecule has 1 aliphatic rings. The lowest BCUT2D eigenvalue weighted by Gasteiger charge is -2.22. The number of hydrogen-bond donors (Lipinski definition) is 2. The van der Waals surface area contributed by atoms with Crippen LogP contribution < -0.4 is 5.73 Å². The van der Waals surface area contributed by atoms with E-state index in [1.54, 1.807) is 0 Å². The highest BCUT2D eigenvalue weighted by Gasteiger charge is 2.19. The molecule has 0 amide bonds. The predicted molar refractivity (Wildman–Crippen MR) is 63.2 cm³/mol. The third-order valence-electron chi connectivity index (χ3n) is 3.39. The molecule has 1 aromatic heterocycles. The van der Waals surface area contributed by atoms with Crippen molar-refractivity contribution in [1.29, 1.82) is 0 Å². The van der Waals surface area contributed by atoms with Crippen molar-refractivity contribution in [2.24, 2.45) is 5.73 Å². The van der Waals surface area contributed by atoms with Gasteiger partial charge in [-0.3, -0.25) is 0 Å². The van der Waals surface area contributed by atoms with Crippen molar-refractivity contribution in [2.45, 2.75) is 51.1 Å². The second kappa shape index (κ2) is 4.55. The molecule has 2 rings (SSSR count). The fraction of sp³-hybridized carbons (Fsp3) is 0.750. The van der Waals surface area contributed by atoms with E-state index >= 15 is 0 Å². The van der Waals surface area contributed by atoms with Gasteiger partial charge in [0.25, 0.3) is 0 Å². The zero-order chi connectivity index (χ0) is 11.6. The van der Waals surface area contributed by atoms with Crippen molar-refractivity contribution >= 4 is 0 Å². The Morgan fingerprint density at radius 1 is 1.50 bits per heavy atom. The minimum atomic E-state index is -0.480. The van der Waals surface area contributed by atoms with Gasteiger partial charge in [-0.1, -0.05) is 0 Å². The molecule has 4 heteroatoms. The van der Waals surface area contributed by atoms with Crippen LogP contribution in [0, 0.1) is 0 Å². The fourth-order valence-electron chi connectivity index (χ4n) is 2.18. The van der Waals surface area contributed by atoms with Gasteiger partial charge in [-0.2, -0.15) is 0 Å². The van der Waals surface area contributed by atoms with Crippen LogP contribution in [0.15, 0.2) is 6.33 Å². The van der Waals surface area contributed by atoms with Crippen LogP contribution in [0.2, 0.25) is 0 Å². The van der Waals surface area contributed by atoms with Crippen LogP contribution in [0.4, 0.5) is 0 Å². The molecule has 1 heterocycles. The zero-order valence-electron chi connectivity index (χ0n) is 9.95. The summed E-state index contributed by atoms with van der Waals surface area (Å²) < 4.78 is 2.20. The Morgan fingerprint density at radius 2 is 2.25 bits per heavy atom. The van der Waals surface area contributed by atoms with Gasteiger partial charge in [0.15, 0.2) is 0 Å². The molecular weight excluding hydrogens is 202 g/mol. The molecule has 90 valence electrons. The summed E-state index contributed by atoms with van der Waals surface area (Å²) in [6, 6.07) is 0. The summed E-state index contributed by atoms with van der Waals surface area (Å²) in [4.78, 5) is 4.44. The molecule has 0 bridgehead atoms. The highest BCUT2D eigenvalue weighted by atomic mass is 16.3. The molecule has 1 unspecified atom stereocenters. The average molecular weight is 223 g/mol. The molecule has 0 fully saturated rings. The van der Waals surface area contributed by atoms with E-state index in [1.807, 2.05) is 13.3 Å². The standard InChI is InChI=1S/C12H21N3O/c1-12(13,8-16)6-7-15-9-14-10-4-2-3-5-11(10)15/h9,16H,2-8,13H2,1H3. The maximum absolute atomic E-state index is 9.11. The Labute approximate surface area is 96.5 Å². The van der Waals surface area contributed by atoms with Crippen LogP contribution in [0.1, 0.15) is 37.6 Å². The van der Waals surface area contributed by atoms with Gasteiger partial charge in [-0.05, 0) is 39.0 Å². The van der Waals surface area contributed by atoms with Gasteiger partial charge in [-0.25, -0.2) is 4.98 Å². The summed E-state index contributed by atoms with van der Waals surface area (Å²) in [6.07, 6.45) is 7.47. The molecule has 1 aliphatic carbocycles. The number of nitrogens with zero attached hydrogens (tertiary/aromatic N) is 2. The Morgan fingerprint density at radius 3 is 3.00 bits per heavy atom. The number of aryl methyl sites for hydroxylation is 2. The minimum Gasteiger partial charge on any atom is -0.394 e. The predicted octanol–water partition coefficient (Wildman–Crippen LogP) is 0.862. The maximum atomic E-state index is 9.11. The lowest BCUT2D eigenvalue weighted by Crippen LogP contribution is -2.41. The second-order valence-electron chi connectivity index (χ2n) is 5.10. The van der Waals surface area contributed by atoms with E-state index in [0.717, 1.165) is 25.8 Å². The topological polar surface area (TPSA) is 64.1 Å². The number of hydrogen-bond acceptors (Lipinski definition) is 3. The number of aliphatic hydroxyl groups excluding tert-OH is 1. The lowest BCUT2D eigenvalue weighted by molar-refractivity contribution is 0.195. The van der Waals surface area contributed by atoms with E-state index in [2.05, 4.69) is 9.55 Å². The first kappa shape index (κ1) is 11.6. The van der Waals surface area contributed by atoms with E-state index in [1.165, 1.54) is 24.2 Å². The molecule has 0 radical (unpaired) electrons. The molecule has 0 saturated heterocycles. The largest absolute Gasteiger partial charge is 0.394 e. The number of fused-ring (bicyclic) bond motifs is 1. The molecule has 0 saturated carbocycles. The molecular formula is C12H21N3O. The summed E-state index contributed by atoms with van der Waals surface area (Å²) in [5.41, 5.74) is 8.08. The highest BCUT2D eigenvalue weighted by molar-refractivity contribution is 5.16. The summed E-state index contributed by atoms with van der Waals surface area (Å²) >= 11 is 0. The Bertz CT molecular complexity index is 357. The molecule has 16 heavy (non-hydrogen) atoms. The highest BCUT2D eigenvalue weighted by Crippen LogP contribution is 2.20. The smallest absolute Gasteiger partial charge is 0.0951 e. The molecule has 0 spiro atoms. The quantitative estimate of drug-likeness (QED) is 0.796. The van der Waals surface area contributed by atoms with Gasteiger partial charge in [0.05, 0.1) is 18.6 Å². The van der Waals surface area contributed by atoms with Crippen LogP contribution in [-0.4, -0.2) is 26.8 Å². The van der Waals surface area contributed by atoms with E-state index in [-0.39, 0.29) is 6.61 Å². The summed E-state index contributed by atoms with van der Waals surface area (Å²) in [6.45, 7) is 2.77. The van der Waals surface area contributed by atoms with Gasteiger partial charge in [0.2, 0.25) is 0 Å². The number of aliphatic hydroxyl groups is 1. The van der Waals surface area contributed by atoms with E-state index in [0.29, 0.717) is 0 Å².